The van der Waals surface area contributed by atoms with Gasteiger partial charge in [-0.15, -0.1) is 0 Å². The number of nitrogen functional groups attached to an aromatic ring is 1. The average molecular weight is 273 g/mol. The standard InChI is InChI=1S/C14H19N5O/c1-4-12-5-10(6-13(15)18-12)14(20)16-7-11-8-17-19(3)9(11)2/h5-6,8H,4,7H2,1-3H3,(H2,15,18)(H,16,20). The second kappa shape index (κ2) is 5.73. The maximum absolute atomic E-state index is 12.1. The Morgan fingerprint density at radius 3 is 2.80 bits per heavy atom. The number of nitrogens with zero attached hydrogens (tertiary/aromatic N) is 3. The molecule has 0 aliphatic carbocycles. The first kappa shape index (κ1) is 14.0. The predicted octanol–water partition coefficient (Wildman–Crippen LogP) is 1.20. The number of aryl methyl sites for hydroxylation is 2. The van der Waals surface area contributed by atoms with Crippen molar-refractivity contribution >= 4 is 11.7 Å². The van der Waals surface area contributed by atoms with Gasteiger partial charge in [0.15, 0.2) is 0 Å². The number of carbonyl (C=O) groups excluding carboxylic acids is 1. The van der Waals surface area contributed by atoms with E-state index < -0.39 is 0 Å². The van der Waals surface area contributed by atoms with Gasteiger partial charge in [-0.25, -0.2) is 4.98 Å². The van der Waals surface area contributed by atoms with Crippen LogP contribution in [-0.2, 0) is 20.0 Å². The van der Waals surface area contributed by atoms with Crippen LogP contribution in [0.3, 0.4) is 0 Å². The third-order valence-electron chi connectivity index (χ3n) is 3.30. The zero-order chi connectivity index (χ0) is 14.7. The van der Waals surface area contributed by atoms with Gasteiger partial charge in [-0.2, -0.15) is 5.10 Å². The van der Waals surface area contributed by atoms with Crippen LogP contribution in [0.4, 0.5) is 5.82 Å². The summed E-state index contributed by atoms with van der Waals surface area (Å²) >= 11 is 0. The van der Waals surface area contributed by atoms with Gasteiger partial charge < -0.3 is 11.1 Å². The van der Waals surface area contributed by atoms with E-state index in [1.165, 1.54) is 0 Å². The number of carbonyl (C=O) groups is 1. The van der Waals surface area contributed by atoms with Crippen LogP contribution in [-0.4, -0.2) is 20.7 Å². The normalized spacial score (nSPS) is 10.6. The van der Waals surface area contributed by atoms with Crippen molar-refractivity contribution in [2.24, 2.45) is 7.05 Å². The Labute approximate surface area is 118 Å². The SMILES string of the molecule is CCc1cc(C(=O)NCc2cnn(C)c2C)cc(N)n1. The molecule has 0 radical (unpaired) electrons. The van der Waals surface area contributed by atoms with Gasteiger partial charge in [0, 0.05) is 36.1 Å². The molecule has 0 saturated heterocycles. The van der Waals surface area contributed by atoms with Crippen molar-refractivity contribution in [2.75, 3.05) is 5.73 Å². The molecule has 2 rings (SSSR count). The number of hydrogen-bond acceptors (Lipinski definition) is 4. The highest BCUT2D eigenvalue weighted by Gasteiger charge is 2.10. The Morgan fingerprint density at radius 2 is 2.20 bits per heavy atom. The number of nitrogens with one attached hydrogen (secondary N) is 1. The van der Waals surface area contributed by atoms with Gasteiger partial charge in [-0.05, 0) is 25.5 Å². The van der Waals surface area contributed by atoms with Gasteiger partial charge in [-0.1, -0.05) is 6.92 Å². The average Bonchev–Trinajstić information content (AvgIpc) is 2.75. The van der Waals surface area contributed by atoms with Gasteiger partial charge in [0.05, 0.1) is 6.20 Å². The van der Waals surface area contributed by atoms with E-state index in [2.05, 4.69) is 15.4 Å². The summed E-state index contributed by atoms with van der Waals surface area (Å²) in [4.78, 5) is 16.3. The molecule has 0 saturated carbocycles. The first-order chi connectivity index (χ1) is 9.51. The van der Waals surface area contributed by atoms with Gasteiger partial charge in [-0.3, -0.25) is 9.48 Å². The Morgan fingerprint density at radius 1 is 1.45 bits per heavy atom. The number of nitrogens with two attached hydrogens (primary N) is 1. The lowest BCUT2D eigenvalue weighted by Gasteiger charge is -2.07. The number of hydrogen-bond donors (Lipinski definition) is 2. The van der Waals surface area contributed by atoms with E-state index in [-0.39, 0.29) is 5.91 Å². The molecular formula is C14H19N5O. The molecule has 0 aliphatic rings. The second-order valence-corrected chi connectivity index (χ2v) is 4.69. The lowest BCUT2D eigenvalue weighted by molar-refractivity contribution is 0.0950. The molecule has 6 heteroatoms. The minimum atomic E-state index is -0.156. The fraction of sp³-hybridized carbons (Fsp3) is 0.357. The summed E-state index contributed by atoms with van der Waals surface area (Å²) < 4.78 is 1.78. The van der Waals surface area contributed by atoms with Crippen molar-refractivity contribution in [3.05, 3.63) is 40.8 Å². The van der Waals surface area contributed by atoms with Crippen molar-refractivity contribution in [1.82, 2.24) is 20.1 Å². The number of aromatic nitrogens is 3. The molecule has 3 N–H and O–H groups in total. The number of pyridine rings is 1. The monoisotopic (exact) mass is 273 g/mol. The van der Waals surface area contributed by atoms with Gasteiger partial charge >= 0.3 is 0 Å². The summed E-state index contributed by atoms with van der Waals surface area (Å²) in [6.45, 7) is 4.39. The molecule has 0 atom stereocenters. The molecule has 2 aromatic rings. The van der Waals surface area contributed by atoms with Crippen LogP contribution in [0.15, 0.2) is 18.3 Å². The fourth-order valence-electron chi connectivity index (χ4n) is 1.92. The lowest BCUT2D eigenvalue weighted by atomic mass is 10.1. The molecule has 2 aromatic heterocycles. The summed E-state index contributed by atoms with van der Waals surface area (Å²) in [6, 6.07) is 3.35. The molecule has 1 amide bonds. The van der Waals surface area contributed by atoms with E-state index in [1.807, 2.05) is 20.9 Å². The highest BCUT2D eigenvalue weighted by Crippen LogP contribution is 2.10. The highest BCUT2D eigenvalue weighted by molar-refractivity contribution is 5.94. The Balaban J connectivity index is 2.09. The predicted molar refractivity (Wildman–Crippen MR) is 77.1 cm³/mol. The highest BCUT2D eigenvalue weighted by atomic mass is 16.1. The molecule has 20 heavy (non-hydrogen) atoms. The van der Waals surface area contributed by atoms with Crippen LogP contribution in [0.1, 0.15) is 34.2 Å². The van der Waals surface area contributed by atoms with Crippen molar-refractivity contribution in [2.45, 2.75) is 26.8 Å². The van der Waals surface area contributed by atoms with Gasteiger partial charge in [0.25, 0.3) is 5.91 Å². The van der Waals surface area contributed by atoms with E-state index in [9.17, 15) is 4.79 Å². The van der Waals surface area contributed by atoms with Crippen LogP contribution in [0.25, 0.3) is 0 Å². The quantitative estimate of drug-likeness (QED) is 0.876. The van der Waals surface area contributed by atoms with Crippen molar-refractivity contribution in [3.8, 4) is 0 Å². The number of anilines is 1. The summed E-state index contributed by atoms with van der Waals surface area (Å²) in [5.74, 6) is 0.212. The van der Waals surface area contributed by atoms with Crippen LogP contribution < -0.4 is 11.1 Å². The summed E-state index contributed by atoms with van der Waals surface area (Å²) in [7, 11) is 1.87. The third-order valence-corrected chi connectivity index (χ3v) is 3.30. The molecule has 0 fully saturated rings. The Kier molecular flexibility index (Phi) is 4.02. The Hall–Kier alpha value is -2.37. The molecular weight excluding hydrogens is 254 g/mol. The molecule has 2 heterocycles. The smallest absolute Gasteiger partial charge is 0.251 e. The van der Waals surface area contributed by atoms with Crippen molar-refractivity contribution < 1.29 is 4.79 Å². The van der Waals surface area contributed by atoms with E-state index in [0.29, 0.717) is 17.9 Å². The fourth-order valence-corrected chi connectivity index (χ4v) is 1.92. The Bertz CT molecular complexity index is 632. The van der Waals surface area contributed by atoms with Crippen molar-refractivity contribution in [3.63, 3.8) is 0 Å². The van der Waals surface area contributed by atoms with Crippen LogP contribution in [0.5, 0.6) is 0 Å². The zero-order valence-electron chi connectivity index (χ0n) is 12.0. The zero-order valence-corrected chi connectivity index (χ0v) is 12.0. The minimum Gasteiger partial charge on any atom is -0.384 e. The van der Waals surface area contributed by atoms with E-state index in [4.69, 9.17) is 5.73 Å². The second-order valence-electron chi connectivity index (χ2n) is 4.69. The van der Waals surface area contributed by atoms with E-state index >= 15 is 0 Å². The lowest BCUT2D eigenvalue weighted by Crippen LogP contribution is -2.23. The van der Waals surface area contributed by atoms with Crippen LogP contribution in [0, 0.1) is 6.92 Å². The first-order valence-electron chi connectivity index (χ1n) is 6.53. The number of amides is 1. The van der Waals surface area contributed by atoms with E-state index in [0.717, 1.165) is 23.4 Å². The van der Waals surface area contributed by atoms with Gasteiger partial charge in [0.1, 0.15) is 5.82 Å². The molecule has 0 bridgehead atoms. The molecule has 106 valence electrons. The number of rotatable bonds is 4. The molecule has 0 aliphatic heterocycles. The molecule has 0 unspecified atom stereocenters. The largest absolute Gasteiger partial charge is 0.384 e. The third kappa shape index (κ3) is 2.96. The van der Waals surface area contributed by atoms with Crippen LogP contribution in [0.2, 0.25) is 0 Å². The maximum atomic E-state index is 12.1. The molecule has 0 aromatic carbocycles. The summed E-state index contributed by atoms with van der Waals surface area (Å²) in [5.41, 5.74) is 9.09. The first-order valence-corrected chi connectivity index (χ1v) is 6.53. The topological polar surface area (TPSA) is 85.8 Å². The molecule has 6 nitrogen and oxygen atoms in total. The maximum Gasteiger partial charge on any atom is 0.251 e. The molecule has 0 spiro atoms. The van der Waals surface area contributed by atoms with Crippen molar-refractivity contribution in [1.29, 1.82) is 0 Å². The summed E-state index contributed by atoms with van der Waals surface area (Å²) in [5, 5.41) is 7.02. The minimum absolute atomic E-state index is 0.156. The summed E-state index contributed by atoms with van der Waals surface area (Å²) in [6.07, 6.45) is 2.50. The van der Waals surface area contributed by atoms with Crippen LogP contribution >= 0.6 is 0 Å². The van der Waals surface area contributed by atoms with Gasteiger partial charge in [0.2, 0.25) is 0 Å². The van der Waals surface area contributed by atoms with E-state index in [1.54, 1.807) is 23.0 Å².